The molecule has 78 valence electrons. The van der Waals surface area contributed by atoms with Crippen LogP contribution in [0.5, 0.6) is 0 Å². The van der Waals surface area contributed by atoms with E-state index in [4.69, 9.17) is 0 Å². The predicted molar refractivity (Wildman–Crippen MR) is 60.9 cm³/mol. The zero-order valence-corrected chi connectivity index (χ0v) is 9.45. The van der Waals surface area contributed by atoms with E-state index in [1.165, 1.54) is 0 Å². The highest BCUT2D eigenvalue weighted by atomic mass is 32.1. The van der Waals surface area contributed by atoms with E-state index < -0.39 is 0 Å². The Balaban J connectivity index is 2.09. The molecule has 5 heteroatoms. The van der Waals surface area contributed by atoms with Gasteiger partial charge in [0.15, 0.2) is 0 Å². The van der Waals surface area contributed by atoms with Crippen molar-refractivity contribution in [3.63, 3.8) is 0 Å². The number of aromatic nitrogens is 3. The van der Waals surface area contributed by atoms with Gasteiger partial charge in [-0.2, -0.15) is 0 Å². The second-order valence-corrected chi connectivity index (χ2v) is 4.15. The quantitative estimate of drug-likeness (QED) is 0.863. The molecule has 2 aromatic heterocycles. The van der Waals surface area contributed by atoms with Gasteiger partial charge in [-0.15, -0.1) is 11.3 Å². The topological polar surface area (TPSA) is 50.7 Å². The third-order valence-corrected chi connectivity index (χ3v) is 2.92. The summed E-state index contributed by atoms with van der Waals surface area (Å²) in [4.78, 5) is 12.6. The Morgan fingerprint density at radius 2 is 2.20 bits per heavy atom. The number of nitrogens with zero attached hydrogens (tertiary/aromatic N) is 3. The normalized spacial score (nSPS) is 12.4. The van der Waals surface area contributed by atoms with Gasteiger partial charge in [-0.1, -0.05) is 0 Å². The highest BCUT2D eigenvalue weighted by Crippen LogP contribution is 2.19. The number of rotatable bonds is 3. The number of aryl methyl sites for hydroxylation is 1. The van der Waals surface area contributed by atoms with E-state index in [9.17, 15) is 0 Å². The maximum Gasteiger partial charge on any atom is 0.130 e. The van der Waals surface area contributed by atoms with E-state index in [2.05, 4.69) is 27.2 Å². The molecule has 0 fully saturated rings. The van der Waals surface area contributed by atoms with Gasteiger partial charge in [0.2, 0.25) is 0 Å². The molecule has 0 aliphatic heterocycles. The summed E-state index contributed by atoms with van der Waals surface area (Å²) in [5.74, 6) is 1.61. The number of anilines is 1. The van der Waals surface area contributed by atoms with E-state index in [1.807, 2.05) is 24.6 Å². The molecular formula is C10H12N4S. The van der Waals surface area contributed by atoms with E-state index in [0.717, 1.165) is 16.6 Å². The van der Waals surface area contributed by atoms with Crippen LogP contribution in [0.4, 0.5) is 5.82 Å². The second kappa shape index (κ2) is 4.35. The minimum absolute atomic E-state index is 0.180. The first-order valence-electron chi connectivity index (χ1n) is 4.71. The second-order valence-electron chi connectivity index (χ2n) is 3.23. The van der Waals surface area contributed by atoms with Crippen LogP contribution in [0.2, 0.25) is 0 Å². The minimum Gasteiger partial charge on any atom is -0.361 e. The van der Waals surface area contributed by atoms with Crippen molar-refractivity contribution in [2.24, 2.45) is 0 Å². The van der Waals surface area contributed by atoms with E-state index in [1.54, 1.807) is 17.5 Å². The molecule has 0 aliphatic rings. The van der Waals surface area contributed by atoms with Gasteiger partial charge >= 0.3 is 0 Å². The lowest BCUT2D eigenvalue weighted by Crippen LogP contribution is -2.08. The van der Waals surface area contributed by atoms with Crippen molar-refractivity contribution in [3.8, 4) is 0 Å². The van der Waals surface area contributed by atoms with Crippen molar-refractivity contribution >= 4 is 17.2 Å². The van der Waals surface area contributed by atoms with Crippen molar-refractivity contribution in [2.45, 2.75) is 19.9 Å². The van der Waals surface area contributed by atoms with E-state index in [-0.39, 0.29) is 6.04 Å². The molecule has 1 unspecified atom stereocenters. The lowest BCUT2D eigenvalue weighted by Gasteiger charge is -2.11. The van der Waals surface area contributed by atoms with Crippen LogP contribution < -0.4 is 5.32 Å². The molecule has 15 heavy (non-hydrogen) atoms. The Labute approximate surface area is 92.4 Å². The van der Waals surface area contributed by atoms with Crippen LogP contribution in [0, 0.1) is 6.92 Å². The highest BCUT2D eigenvalue weighted by Gasteiger charge is 2.07. The molecule has 1 N–H and O–H groups in total. The van der Waals surface area contributed by atoms with Crippen LogP contribution in [0.3, 0.4) is 0 Å². The molecule has 0 bridgehead atoms. The van der Waals surface area contributed by atoms with Crippen LogP contribution in [0.1, 0.15) is 23.8 Å². The fourth-order valence-corrected chi connectivity index (χ4v) is 1.91. The SMILES string of the molecule is Cc1nccc(NC(C)c2nccs2)n1. The van der Waals surface area contributed by atoms with Crippen molar-refractivity contribution < 1.29 is 0 Å². The molecule has 4 nitrogen and oxygen atoms in total. The molecular weight excluding hydrogens is 208 g/mol. The third-order valence-electron chi connectivity index (χ3n) is 1.96. The molecule has 0 aliphatic carbocycles. The van der Waals surface area contributed by atoms with Crippen LogP contribution in [-0.4, -0.2) is 15.0 Å². The van der Waals surface area contributed by atoms with Crippen LogP contribution >= 0.6 is 11.3 Å². The molecule has 2 heterocycles. The average Bonchev–Trinajstić information content (AvgIpc) is 2.70. The Kier molecular flexibility index (Phi) is 2.91. The van der Waals surface area contributed by atoms with Gasteiger partial charge in [-0.3, -0.25) is 0 Å². The molecule has 2 aromatic rings. The number of hydrogen-bond donors (Lipinski definition) is 1. The largest absolute Gasteiger partial charge is 0.361 e. The molecule has 1 atom stereocenters. The summed E-state index contributed by atoms with van der Waals surface area (Å²) in [6, 6.07) is 2.04. The first-order chi connectivity index (χ1) is 7.25. The molecule has 2 rings (SSSR count). The zero-order valence-electron chi connectivity index (χ0n) is 8.64. The summed E-state index contributed by atoms with van der Waals surface area (Å²) >= 11 is 1.64. The van der Waals surface area contributed by atoms with Crippen LogP contribution in [-0.2, 0) is 0 Å². The fraction of sp³-hybridized carbons (Fsp3) is 0.300. The van der Waals surface area contributed by atoms with Gasteiger partial charge in [0.05, 0.1) is 6.04 Å². The highest BCUT2D eigenvalue weighted by molar-refractivity contribution is 7.09. The summed E-state index contributed by atoms with van der Waals surface area (Å²) in [7, 11) is 0. The smallest absolute Gasteiger partial charge is 0.130 e. The molecule has 0 radical (unpaired) electrons. The zero-order chi connectivity index (χ0) is 10.7. The lowest BCUT2D eigenvalue weighted by molar-refractivity contribution is 0.854. The van der Waals surface area contributed by atoms with Gasteiger partial charge in [0.25, 0.3) is 0 Å². The number of thiazole rings is 1. The van der Waals surface area contributed by atoms with Gasteiger partial charge in [-0.05, 0) is 19.9 Å². The maximum absolute atomic E-state index is 4.28. The monoisotopic (exact) mass is 220 g/mol. The van der Waals surface area contributed by atoms with E-state index in [0.29, 0.717) is 0 Å². The summed E-state index contributed by atoms with van der Waals surface area (Å²) in [6.07, 6.45) is 3.56. The Morgan fingerprint density at radius 1 is 1.33 bits per heavy atom. The Hall–Kier alpha value is -1.49. The molecule has 0 saturated heterocycles. The number of nitrogens with one attached hydrogen (secondary N) is 1. The first-order valence-corrected chi connectivity index (χ1v) is 5.59. The maximum atomic E-state index is 4.28. The molecule has 0 aromatic carbocycles. The van der Waals surface area contributed by atoms with Crippen LogP contribution in [0.25, 0.3) is 0 Å². The Bertz CT molecular complexity index is 427. The van der Waals surface area contributed by atoms with Crippen molar-refractivity contribution in [2.75, 3.05) is 5.32 Å². The summed E-state index contributed by atoms with van der Waals surface area (Å²) in [6.45, 7) is 3.94. The van der Waals surface area contributed by atoms with Crippen molar-refractivity contribution in [1.82, 2.24) is 15.0 Å². The van der Waals surface area contributed by atoms with Gasteiger partial charge in [-0.25, -0.2) is 15.0 Å². The third kappa shape index (κ3) is 2.50. The summed E-state index contributed by atoms with van der Waals surface area (Å²) in [5, 5.41) is 6.31. The van der Waals surface area contributed by atoms with Crippen LogP contribution in [0.15, 0.2) is 23.8 Å². The van der Waals surface area contributed by atoms with Gasteiger partial charge in [0.1, 0.15) is 16.6 Å². The first kappa shape index (κ1) is 10.0. The number of hydrogen-bond acceptors (Lipinski definition) is 5. The van der Waals surface area contributed by atoms with E-state index >= 15 is 0 Å². The van der Waals surface area contributed by atoms with Gasteiger partial charge in [0, 0.05) is 17.8 Å². The average molecular weight is 220 g/mol. The summed E-state index contributed by atoms with van der Waals surface area (Å²) < 4.78 is 0. The standard InChI is InChI=1S/C10H12N4S/c1-7(10-12-5-6-15-10)13-9-3-4-11-8(2)14-9/h3-7H,1-2H3,(H,11,13,14). The lowest BCUT2D eigenvalue weighted by atomic mass is 10.3. The van der Waals surface area contributed by atoms with Crippen molar-refractivity contribution in [1.29, 1.82) is 0 Å². The summed E-state index contributed by atoms with van der Waals surface area (Å²) in [5.41, 5.74) is 0. The minimum atomic E-state index is 0.180. The molecule has 0 spiro atoms. The molecule has 0 amide bonds. The fourth-order valence-electron chi connectivity index (χ4n) is 1.27. The molecule has 0 saturated carbocycles. The van der Waals surface area contributed by atoms with Gasteiger partial charge < -0.3 is 5.32 Å². The van der Waals surface area contributed by atoms with Crippen molar-refractivity contribution in [3.05, 3.63) is 34.7 Å². The Morgan fingerprint density at radius 3 is 2.87 bits per heavy atom. The predicted octanol–water partition coefficient (Wildman–Crippen LogP) is 2.41.